The molecule has 0 saturated carbocycles. The maximum atomic E-state index is 12.5. The fourth-order valence-corrected chi connectivity index (χ4v) is 2.12. The highest BCUT2D eigenvalue weighted by Crippen LogP contribution is 2.13. The third-order valence-corrected chi connectivity index (χ3v) is 3.08. The van der Waals surface area contributed by atoms with Gasteiger partial charge in [0.1, 0.15) is 11.5 Å². The molecule has 0 bridgehead atoms. The van der Waals surface area contributed by atoms with E-state index in [-0.39, 0.29) is 5.91 Å². The van der Waals surface area contributed by atoms with Crippen LogP contribution in [0.15, 0.2) is 34.9 Å². The zero-order chi connectivity index (χ0) is 14.5. The van der Waals surface area contributed by atoms with Crippen molar-refractivity contribution in [3.05, 3.63) is 52.9 Å². The number of rotatable bonds is 5. The Morgan fingerprint density at radius 2 is 2.15 bits per heavy atom. The lowest BCUT2D eigenvalue weighted by Crippen LogP contribution is -2.27. The van der Waals surface area contributed by atoms with Crippen LogP contribution in [-0.4, -0.2) is 29.6 Å². The average molecular weight is 273 g/mol. The molecule has 1 aromatic heterocycles. The van der Waals surface area contributed by atoms with Gasteiger partial charge in [-0.3, -0.25) is 4.79 Å². The molecule has 2 rings (SSSR count). The van der Waals surface area contributed by atoms with Gasteiger partial charge >= 0.3 is 0 Å². The van der Waals surface area contributed by atoms with E-state index in [4.69, 9.17) is 10.3 Å². The smallest absolute Gasteiger partial charge is 0.254 e. The summed E-state index contributed by atoms with van der Waals surface area (Å²) in [5, 5.41) is 3.90. The van der Waals surface area contributed by atoms with Gasteiger partial charge in [0.15, 0.2) is 0 Å². The van der Waals surface area contributed by atoms with Crippen molar-refractivity contribution in [3.8, 4) is 0 Å². The van der Waals surface area contributed by atoms with Gasteiger partial charge in [0.2, 0.25) is 0 Å². The lowest BCUT2D eigenvalue weighted by molar-refractivity contribution is 0.0781. The molecule has 20 heavy (non-hydrogen) atoms. The van der Waals surface area contributed by atoms with E-state index in [1.165, 1.54) is 0 Å². The van der Waals surface area contributed by atoms with Gasteiger partial charge in [0.05, 0.1) is 6.54 Å². The van der Waals surface area contributed by atoms with Gasteiger partial charge in [-0.15, -0.1) is 0 Å². The number of amides is 1. The van der Waals surface area contributed by atoms with Crippen molar-refractivity contribution >= 4 is 5.91 Å². The molecule has 0 spiro atoms. The maximum absolute atomic E-state index is 12.5. The zero-order valence-electron chi connectivity index (χ0n) is 11.8. The third kappa shape index (κ3) is 3.24. The highest BCUT2D eigenvalue weighted by molar-refractivity contribution is 5.95. The molecule has 0 aliphatic heterocycles. The fraction of sp³-hybridized carbons (Fsp3) is 0.333. The monoisotopic (exact) mass is 273 g/mol. The summed E-state index contributed by atoms with van der Waals surface area (Å²) in [6, 6.07) is 9.38. The first-order valence-corrected chi connectivity index (χ1v) is 6.57. The Morgan fingerprint density at radius 3 is 2.80 bits per heavy atom. The van der Waals surface area contributed by atoms with Gasteiger partial charge in [-0.05, 0) is 31.5 Å². The lowest BCUT2D eigenvalue weighted by Gasteiger charge is -2.17. The summed E-state index contributed by atoms with van der Waals surface area (Å²) in [6.07, 6.45) is 0.693. The molecule has 0 radical (unpaired) electrons. The van der Waals surface area contributed by atoms with E-state index >= 15 is 0 Å². The Labute approximate surface area is 118 Å². The van der Waals surface area contributed by atoms with Crippen molar-refractivity contribution in [3.63, 3.8) is 0 Å². The standard InChI is InChI=1S/C15H19N3O2/c1-11-9-13(17-20-11)10-18(2)15(19)14-6-4-3-5-12(14)7-8-16/h3-6,9H,7-8,10,16H2,1-2H3. The van der Waals surface area contributed by atoms with Crippen molar-refractivity contribution in [2.45, 2.75) is 19.9 Å². The van der Waals surface area contributed by atoms with Crippen LogP contribution in [0.4, 0.5) is 0 Å². The van der Waals surface area contributed by atoms with Crippen LogP contribution in [0.3, 0.4) is 0 Å². The molecule has 5 heteroatoms. The topological polar surface area (TPSA) is 72.4 Å². The Bertz CT molecular complexity index is 592. The molecule has 5 nitrogen and oxygen atoms in total. The first kappa shape index (κ1) is 14.3. The predicted octanol–water partition coefficient (Wildman–Crippen LogP) is 1.76. The summed E-state index contributed by atoms with van der Waals surface area (Å²) < 4.78 is 5.01. The molecule has 0 aliphatic rings. The first-order chi connectivity index (χ1) is 9.61. The van der Waals surface area contributed by atoms with Crippen LogP contribution >= 0.6 is 0 Å². The second-order valence-corrected chi connectivity index (χ2v) is 4.79. The van der Waals surface area contributed by atoms with Crippen LogP contribution in [0.1, 0.15) is 27.4 Å². The largest absolute Gasteiger partial charge is 0.361 e. The van der Waals surface area contributed by atoms with Crippen LogP contribution in [0.2, 0.25) is 0 Å². The Balaban J connectivity index is 2.14. The highest BCUT2D eigenvalue weighted by Gasteiger charge is 2.16. The average Bonchev–Trinajstić information content (AvgIpc) is 2.84. The number of hydrogen-bond donors (Lipinski definition) is 1. The summed E-state index contributed by atoms with van der Waals surface area (Å²) in [6.45, 7) is 2.78. The number of nitrogens with two attached hydrogens (primary N) is 1. The molecule has 1 amide bonds. The molecule has 0 fully saturated rings. The third-order valence-electron chi connectivity index (χ3n) is 3.08. The predicted molar refractivity (Wildman–Crippen MR) is 76.2 cm³/mol. The molecule has 0 saturated heterocycles. The van der Waals surface area contributed by atoms with Crippen molar-refractivity contribution in [1.82, 2.24) is 10.1 Å². The number of benzene rings is 1. The normalized spacial score (nSPS) is 10.6. The SMILES string of the molecule is Cc1cc(CN(C)C(=O)c2ccccc2CCN)no1. The molecule has 1 heterocycles. The van der Waals surface area contributed by atoms with Crippen LogP contribution in [0.25, 0.3) is 0 Å². The minimum Gasteiger partial charge on any atom is -0.361 e. The summed E-state index contributed by atoms with van der Waals surface area (Å²) in [5.41, 5.74) is 8.00. The number of hydrogen-bond acceptors (Lipinski definition) is 4. The Hall–Kier alpha value is -2.14. The summed E-state index contributed by atoms with van der Waals surface area (Å²) >= 11 is 0. The van der Waals surface area contributed by atoms with Gasteiger partial charge in [0, 0.05) is 18.7 Å². The van der Waals surface area contributed by atoms with Crippen molar-refractivity contribution in [1.29, 1.82) is 0 Å². The molecule has 2 aromatic rings. The number of nitrogens with zero attached hydrogens (tertiary/aromatic N) is 2. The molecule has 0 unspecified atom stereocenters. The van der Waals surface area contributed by atoms with E-state index in [1.54, 1.807) is 11.9 Å². The van der Waals surface area contributed by atoms with Gasteiger partial charge in [-0.1, -0.05) is 23.4 Å². The molecule has 106 valence electrons. The molecule has 0 aliphatic carbocycles. The second kappa shape index (κ2) is 6.34. The van der Waals surface area contributed by atoms with E-state index in [9.17, 15) is 4.79 Å². The summed E-state index contributed by atoms with van der Waals surface area (Å²) in [5.74, 6) is 0.707. The molecular weight excluding hydrogens is 254 g/mol. The van der Waals surface area contributed by atoms with Gasteiger partial charge in [0.25, 0.3) is 5.91 Å². The van der Waals surface area contributed by atoms with Gasteiger partial charge < -0.3 is 15.2 Å². The highest BCUT2D eigenvalue weighted by atomic mass is 16.5. The Morgan fingerprint density at radius 1 is 1.40 bits per heavy atom. The van der Waals surface area contributed by atoms with Crippen molar-refractivity contribution in [2.75, 3.05) is 13.6 Å². The lowest BCUT2D eigenvalue weighted by atomic mass is 10.0. The van der Waals surface area contributed by atoms with Crippen LogP contribution < -0.4 is 5.73 Å². The van der Waals surface area contributed by atoms with E-state index in [1.807, 2.05) is 37.3 Å². The summed E-state index contributed by atoms with van der Waals surface area (Å²) in [4.78, 5) is 14.1. The second-order valence-electron chi connectivity index (χ2n) is 4.79. The van der Waals surface area contributed by atoms with E-state index < -0.39 is 0 Å². The van der Waals surface area contributed by atoms with E-state index in [0.717, 1.165) is 17.0 Å². The molecule has 2 N–H and O–H groups in total. The summed E-state index contributed by atoms with van der Waals surface area (Å²) in [7, 11) is 1.76. The zero-order valence-corrected chi connectivity index (χ0v) is 11.8. The van der Waals surface area contributed by atoms with E-state index in [2.05, 4.69) is 5.16 Å². The first-order valence-electron chi connectivity index (χ1n) is 6.57. The molecule has 1 aromatic carbocycles. The number of carbonyl (C=O) groups is 1. The van der Waals surface area contributed by atoms with Crippen LogP contribution in [0.5, 0.6) is 0 Å². The van der Waals surface area contributed by atoms with Crippen LogP contribution in [0, 0.1) is 6.92 Å². The number of aryl methyl sites for hydroxylation is 1. The van der Waals surface area contributed by atoms with Crippen LogP contribution in [-0.2, 0) is 13.0 Å². The number of aromatic nitrogens is 1. The van der Waals surface area contributed by atoms with E-state index in [0.29, 0.717) is 25.1 Å². The van der Waals surface area contributed by atoms with Gasteiger partial charge in [-0.25, -0.2) is 0 Å². The quantitative estimate of drug-likeness (QED) is 0.901. The van der Waals surface area contributed by atoms with Gasteiger partial charge in [-0.2, -0.15) is 0 Å². The Kier molecular flexibility index (Phi) is 4.53. The van der Waals surface area contributed by atoms with Crippen molar-refractivity contribution < 1.29 is 9.32 Å². The van der Waals surface area contributed by atoms with Crippen molar-refractivity contribution in [2.24, 2.45) is 5.73 Å². The maximum Gasteiger partial charge on any atom is 0.254 e. The minimum absolute atomic E-state index is 0.0327. The molecular formula is C15H19N3O2. The molecule has 0 atom stereocenters. The fourth-order valence-electron chi connectivity index (χ4n) is 2.12. The number of carbonyl (C=O) groups excluding carboxylic acids is 1. The minimum atomic E-state index is -0.0327.